The topological polar surface area (TPSA) is 72.3 Å². The number of rotatable bonds is 4. The summed E-state index contributed by atoms with van der Waals surface area (Å²) < 4.78 is 6.66. The van der Waals surface area contributed by atoms with Crippen molar-refractivity contribution in [2.45, 2.75) is 20.8 Å². The molecule has 0 bridgehead atoms. The first kappa shape index (κ1) is 16.7. The summed E-state index contributed by atoms with van der Waals surface area (Å²) in [7, 11) is 1.61. The van der Waals surface area contributed by atoms with Crippen LogP contribution in [0.1, 0.15) is 23.9 Å². The normalized spacial score (nSPS) is 11.6. The maximum absolute atomic E-state index is 12.8. The second-order valence-corrected chi connectivity index (χ2v) is 5.78. The van der Waals surface area contributed by atoms with Gasteiger partial charge in [0.25, 0.3) is 5.56 Å². The summed E-state index contributed by atoms with van der Waals surface area (Å²) in [5.74, 6) is 1.33. The minimum absolute atomic E-state index is 0.142. The molecule has 6 nitrogen and oxygen atoms in total. The van der Waals surface area contributed by atoms with Gasteiger partial charge >= 0.3 is 0 Å². The van der Waals surface area contributed by atoms with Crippen LogP contribution < -0.4 is 10.3 Å². The number of aromatic amines is 1. The first-order valence-electron chi connectivity index (χ1n) is 7.95. The van der Waals surface area contributed by atoms with Crippen molar-refractivity contribution in [2.75, 3.05) is 7.11 Å². The molecule has 0 saturated heterocycles. The first-order valence-corrected chi connectivity index (χ1v) is 7.95. The number of H-pyrrole nitrogens is 1. The molecular formula is C19H20N4O2. The average Bonchev–Trinajstić information content (AvgIpc) is 2.89. The number of methoxy groups -OCH3 is 1. The maximum atomic E-state index is 12.8. The van der Waals surface area contributed by atoms with Crippen molar-refractivity contribution < 1.29 is 4.74 Å². The van der Waals surface area contributed by atoms with Crippen LogP contribution in [0.3, 0.4) is 0 Å². The number of hydrogen-bond acceptors (Lipinski definition) is 4. The molecule has 0 radical (unpaired) electrons. The molecule has 0 unspecified atom stereocenters. The number of aliphatic imine (C=N–C) groups is 1. The number of nitrogens with one attached hydrogen (secondary N) is 1. The summed E-state index contributed by atoms with van der Waals surface area (Å²) in [5.41, 5.74) is 3.42. The Labute approximate surface area is 145 Å². The maximum Gasteiger partial charge on any atom is 0.280 e. The molecular weight excluding hydrogens is 316 g/mol. The highest BCUT2D eigenvalue weighted by Gasteiger charge is 2.15. The van der Waals surface area contributed by atoms with Gasteiger partial charge in [0, 0.05) is 11.4 Å². The number of benzene rings is 1. The minimum Gasteiger partial charge on any atom is -0.497 e. The van der Waals surface area contributed by atoms with E-state index in [1.807, 2.05) is 63.2 Å². The molecule has 0 atom stereocenters. The molecule has 0 fully saturated rings. The molecule has 2 aromatic heterocycles. The van der Waals surface area contributed by atoms with Crippen molar-refractivity contribution in [3.8, 4) is 11.4 Å². The lowest BCUT2D eigenvalue weighted by Crippen LogP contribution is -2.19. The number of aromatic nitrogens is 3. The highest BCUT2D eigenvalue weighted by atomic mass is 16.5. The number of ether oxygens (including phenoxy) is 1. The molecule has 2 heterocycles. The molecule has 128 valence electrons. The molecule has 0 amide bonds. The van der Waals surface area contributed by atoms with Gasteiger partial charge in [0.2, 0.25) is 0 Å². The van der Waals surface area contributed by atoms with Gasteiger partial charge in [-0.25, -0.2) is 14.7 Å². The Morgan fingerprint density at radius 3 is 2.52 bits per heavy atom. The third kappa shape index (κ3) is 3.38. The lowest BCUT2D eigenvalue weighted by molar-refractivity contribution is 0.414. The summed E-state index contributed by atoms with van der Waals surface area (Å²) in [6.45, 7) is 5.59. The van der Waals surface area contributed by atoms with Gasteiger partial charge in [-0.05, 0) is 57.2 Å². The summed E-state index contributed by atoms with van der Waals surface area (Å²) in [5, 5.41) is 3.11. The first-order chi connectivity index (χ1) is 12.0. The summed E-state index contributed by atoms with van der Waals surface area (Å²) in [6.07, 6.45) is 0. The Kier molecular flexibility index (Phi) is 4.52. The third-order valence-electron chi connectivity index (χ3n) is 3.92. The predicted octanol–water partition coefficient (Wildman–Crippen LogP) is 3.33. The zero-order chi connectivity index (χ0) is 18.0. The minimum atomic E-state index is -0.142. The molecule has 0 saturated carbocycles. The van der Waals surface area contributed by atoms with E-state index < -0.39 is 0 Å². The van der Waals surface area contributed by atoms with E-state index in [9.17, 15) is 4.79 Å². The summed E-state index contributed by atoms with van der Waals surface area (Å²) in [4.78, 5) is 21.7. The van der Waals surface area contributed by atoms with Crippen molar-refractivity contribution in [3.05, 3.63) is 69.8 Å². The Hall–Kier alpha value is -3.15. The van der Waals surface area contributed by atoms with E-state index in [1.54, 1.807) is 7.11 Å². The zero-order valence-corrected chi connectivity index (χ0v) is 14.7. The van der Waals surface area contributed by atoms with Crippen molar-refractivity contribution in [2.24, 2.45) is 4.99 Å². The van der Waals surface area contributed by atoms with E-state index in [0.29, 0.717) is 17.1 Å². The van der Waals surface area contributed by atoms with Gasteiger partial charge < -0.3 is 4.74 Å². The Bertz CT molecular complexity index is 981. The fourth-order valence-corrected chi connectivity index (χ4v) is 2.70. The number of nitrogens with zero attached hydrogens (tertiary/aromatic N) is 3. The van der Waals surface area contributed by atoms with Crippen molar-refractivity contribution in [1.82, 2.24) is 14.8 Å². The van der Waals surface area contributed by atoms with E-state index in [0.717, 1.165) is 22.8 Å². The van der Waals surface area contributed by atoms with Crippen LogP contribution in [-0.2, 0) is 0 Å². The Morgan fingerprint density at radius 1 is 1.16 bits per heavy atom. The van der Waals surface area contributed by atoms with Gasteiger partial charge in [-0.2, -0.15) is 0 Å². The van der Waals surface area contributed by atoms with Crippen LogP contribution in [0.2, 0.25) is 0 Å². The number of pyridine rings is 1. The Morgan fingerprint density at radius 2 is 1.88 bits per heavy atom. The highest BCUT2D eigenvalue weighted by molar-refractivity contribution is 6.00. The monoisotopic (exact) mass is 336 g/mol. The standard InChI is InChI=1S/C19H20N4O2/c1-12-6-5-7-17(20-12)21-13(2)18-14(3)22-23(19(18)24)15-8-10-16(25-4)11-9-15/h5-11,22H,1-4H3/b21-13+. The number of aryl methyl sites for hydroxylation is 2. The molecule has 3 rings (SSSR count). The van der Waals surface area contributed by atoms with Gasteiger partial charge in [-0.1, -0.05) is 6.07 Å². The van der Waals surface area contributed by atoms with Gasteiger partial charge in [0.1, 0.15) is 5.75 Å². The summed E-state index contributed by atoms with van der Waals surface area (Å²) >= 11 is 0. The number of hydrogen-bond donors (Lipinski definition) is 1. The van der Waals surface area contributed by atoms with Crippen LogP contribution in [0.4, 0.5) is 5.82 Å². The second kappa shape index (κ2) is 6.76. The molecule has 0 aliphatic rings. The van der Waals surface area contributed by atoms with Gasteiger partial charge in [-0.15, -0.1) is 0 Å². The van der Waals surface area contributed by atoms with Crippen LogP contribution >= 0.6 is 0 Å². The van der Waals surface area contributed by atoms with Gasteiger partial charge in [0.05, 0.1) is 24.1 Å². The van der Waals surface area contributed by atoms with Crippen LogP contribution in [0, 0.1) is 13.8 Å². The molecule has 3 aromatic rings. The van der Waals surface area contributed by atoms with Crippen LogP contribution in [0.15, 0.2) is 52.3 Å². The van der Waals surface area contributed by atoms with E-state index in [2.05, 4.69) is 15.1 Å². The SMILES string of the molecule is COc1ccc(-n2[nH]c(C)c(/C(C)=N/c3cccc(C)n3)c2=O)cc1. The molecule has 0 aliphatic heterocycles. The van der Waals surface area contributed by atoms with E-state index >= 15 is 0 Å². The smallest absolute Gasteiger partial charge is 0.280 e. The van der Waals surface area contributed by atoms with Gasteiger partial charge in [-0.3, -0.25) is 9.89 Å². The highest BCUT2D eigenvalue weighted by Crippen LogP contribution is 2.15. The van der Waals surface area contributed by atoms with Crippen LogP contribution in [0.25, 0.3) is 5.69 Å². The molecule has 0 aliphatic carbocycles. The van der Waals surface area contributed by atoms with Gasteiger partial charge in [0.15, 0.2) is 5.82 Å². The fraction of sp³-hybridized carbons (Fsp3) is 0.211. The average molecular weight is 336 g/mol. The third-order valence-corrected chi connectivity index (χ3v) is 3.92. The van der Waals surface area contributed by atoms with E-state index in [4.69, 9.17) is 4.74 Å². The Balaban J connectivity index is 2.03. The predicted molar refractivity (Wildman–Crippen MR) is 98.5 cm³/mol. The van der Waals surface area contributed by atoms with E-state index in [1.165, 1.54) is 4.68 Å². The van der Waals surface area contributed by atoms with E-state index in [-0.39, 0.29) is 5.56 Å². The second-order valence-electron chi connectivity index (χ2n) is 5.78. The zero-order valence-electron chi connectivity index (χ0n) is 14.7. The molecule has 1 aromatic carbocycles. The van der Waals surface area contributed by atoms with Crippen LogP contribution in [0.5, 0.6) is 5.75 Å². The molecule has 25 heavy (non-hydrogen) atoms. The lowest BCUT2D eigenvalue weighted by atomic mass is 10.2. The lowest BCUT2D eigenvalue weighted by Gasteiger charge is -2.03. The van der Waals surface area contributed by atoms with Crippen molar-refractivity contribution >= 4 is 11.5 Å². The van der Waals surface area contributed by atoms with Crippen molar-refractivity contribution in [3.63, 3.8) is 0 Å². The molecule has 6 heteroatoms. The summed E-state index contributed by atoms with van der Waals surface area (Å²) in [6, 6.07) is 12.9. The molecule has 0 spiro atoms. The largest absolute Gasteiger partial charge is 0.497 e. The van der Waals surface area contributed by atoms with Crippen LogP contribution in [-0.4, -0.2) is 27.6 Å². The fourth-order valence-electron chi connectivity index (χ4n) is 2.70. The quantitative estimate of drug-likeness (QED) is 0.743. The van der Waals surface area contributed by atoms with Crippen molar-refractivity contribution in [1.29, 1.82) is 0 Å². The molecule has 1 N–H and O–H groups in total.